The smallest absolute Gasteiger partial charge is 0.148 e. The van der Waals surface area contributed by atoms with Gasteiger partial charge in [-0.3, -0.25) is 0 Å². The van der Waals surface area contributed by atoms with Crippen LogP contribution < -0.4 is 0 Å². The van der Waals surface area contributed by atoms with Crippen molar-refractivity contribution in [1.82, 2.24) is 9.78 Å². The third-order valence-corrected chi connectivity index (χ3v) is 2.68. The summed E-state index contributed by atoms with van der Waals surface area (Å²) in [7, 11) is 0. The third-order valence-electron chi connectivity index (χ3n) is 2.68. The molecule has 0 saturated heterocycles. The molecule has 90 valence electrons. The molecule has 2 rings (SSSR count). The standard InChI is InChI=1S/C14H17FN2/c1-10-9-13(14(2,3)4)17(16-10)12-8-6-5-7-11(12)15/h5-9H,1-4H3. The fraction of sp³-hybridized carbons (Fsp3) is 0.357. The molecule has 2 nitrogen and oxygen atoms in total. The Morgan fingerprint density at radius 1 is 1.18 bits per heavy atom. The average Bonchev–Trinajstić information content (AvgIpc) is 2.60. The summed E-state index contributed by atoms with van der Waals surface area (Å²) in [5.41, 5.74) is 2.35. The molecular formula is C14H17FN2. The van der Waals surface area contributed by atoms with Crippen LogP contribution in [0.15, 0.2) is 30.3 Å². The van der Waals surface area contributed by atoms with E-state index in [-0.39, 0.29) is 11.2 Å². The van der Waals surface area contributed by atoms with Crippen LogP contribution in [0.25, 0.3) is 5.69 Å². The summed E-state index contributed by atoms with van der Waals surface area (Å²) in [6.07, 6.45) is 0. The molecule has 1 aromatic carbocycles. The van der Waals surface area contributed by atoms with Crippen LogP contribution in [-0.2, 0) is 5.41 Å². The van der Waals surface area contributed by atoms with Crippen molar-refractivity contribution in [3.63, 3.8) is 0 Å². The van der Waals surface area contributed by atoms with Crippen LogP contribution in [0.1, 0.15) is 32.2 Å². The van der Waals surface area contributed by atoms with E-state index >= 15 is 0 Å². The van der Waals surface area contributed by atoms with E-state index in [1.807, 2.05) is 19.1 Å². The van der Waals surface area contributed by atoms with Crippen molar-refractivity contribution in [1.29, 1.82) is 0 Å². The van der Waals surface area contributed by atoms with Crippen molar-refractivity contribution in [3.05, 3.63) is 47.5 Å². The van der Waals surface area contributed by atoms with Gasteiger partial charge in [0.2, 0.25) is 0 Å². The first-order valence-electron chi connectivity index (χ1n) is 5.71. The molecular weight excluding hydrogens is 215 g/mol. The summed E-state index contributed by atoms with van der Waals surface area (Å²) < 4.78 is 15.5. The van der Waals surface area contributed by atoms with Gasteiger partial charge in [0, 0.05) is 11.1 Å². The van der Waals surface area contributed by atoms with Crippen LogP contribution in [-0.4, -0.2) is 9.78 Å². The normalized spacial score (nSPS) is 11.8. The molecule has 3 heteroatoms. The van der Waals surface area contributed by atoms with Gasteiger partial charge in [-0.2, -0.15) is 5.10 Å². The quantitative estimate of drug-likeness (QED) is 0.734. The molecule has 2 aromatic rings. The van der Waals surface area contributed by atoms with E-state index in [2.05, 4.69) is 25.9 Å². The molecule has 0 saturated carbocycles. The molecule has 17 heavy (non-hydrogen) atoms. The van der Waals surface area contributed by atoms with Crippen LogP contribution in [0.5, 0.6) is 0 Å². The monoisotopic (exact) mass is 232 g/mol. The number of rotatable bonds is 1. The zero-order valence-corrected chi connectivity index (χ0v) is 10.7. The minimum atomic E-state index is -0.249. The second kappa shape index (κ2) is 3.99. The van der Waals surface area contributed by atoms with Gasteiger partial charge in [-0.25, -0.2) is 9.07 Å². The van der Waals surface area contributed by atoms with Gasteiger partial charge in [-0.15, -0.1) is 0 Å². The van der Waals surface area contributed by atoms with Crippen LogP contribution in [0, 0.1) is 12.7 Å². The van der Waals surface area contributed by atoms with Crippen LogP contribution in [0.2, 0.25) is 0 Å². The zero-order valence-electron chi connectivity index (χ0n) is 10.7. The topological polar surface area (TPSA) is 17.8 Å². The highest BCUT2D eigenvalue weighted by molar-refractivity contribution is 5.36. The Labute approximate surface area is 101 Å². The first-order valence-corrected chi connectivity index (χ1v) is 5.71. The minimum Gasteiger partial charge on any atom is -0.234 e. The number of hydrogen-bond donors (Lipinski definition) is 0. The Balaban J connectivity index is 2.64. The predicted molar refractivity (Wildman–Crippen MR) is 67.0 cm³/mol. The van der Waals surface area contributed by atoms with E-state index in [4.69, 9.17) is 0 Å². The van der Waals surface area contributed by atoms with E-state index in [0.717, 1.165) is 11.4 Å². The van der Waals surface area contributed by atoms with E-state index < -0.39 is 0 Å². The lowest BCUT2D eigenvalue weighted by Gasteiger charge is -2.20. The Morgan fingerprint density at radius 2 is 1.82 bits per heavy atom. The number of benzene rings is 1. The molecule has 0 aliphatic heterocycles. The van der Waals surface area contributed by atoms with Gasteiger partial charge in [0.15, 0.2) is 0 Å². The second-order valence-corrected chi connectivity index (χ2v) is 5.28. The van der Waals surface area contributed by atoms with Crippen LogP contribution in [0.4, 0.5) is 4.39 Å². The highest BCUT2D eigenvalue weighted by Gasteiger charge is 2.21. The maximum absolute atomic E-state index is 13.8. The lowest BCUT2D eigenvalue weighted by Crippen LogP contribution is -2.18. The Bertz CT molecular complexity index is 535. The number of aryl methyl sites for hydroxylation is 1. The maximum atomic E-state index is 13.8. The zero-order chi connectivity index (χ0) is 12.6. The largest absolute Gasteiger partial charge is 0.234 e. The molecule has 0 amide bonds. The lowest BCUT2D eigenvalue weighted by molar-refractivity contribution is 0.532. The second-order valence-electron chi connectivity index (χ2n) is 5.28. The summed E-state index contributed by atoms with van der Waals surface area (Å²) in [6, 6.07) is 8.72. The van der Waals surface area contributed by atoms with E-state index in [0.29, 0.717) is 5.69 Å². The minimum absolute atomic E-state index is 0.0659. The van der Waals surface area contributed by atoms with Gasteiger partial charge in [0.25, 0.3) is 0 Å². The highest BCUT2D eigenvalue weighted by Crippen LogP contribution is 2.26. The van der Waals surface area contributed by atoms with Gasteiger partial charge in [0.05, 0.1) is 5.69 Å². The first-order chi connectivity index (χ1) is 7.89. The molecule has 1 aromatic heterocycles. The fourth-order valence-corrected chi connectivity index (χ4v) is 1.84. The van der Waals surface area contributed by atoms with Gasteiger partial charge in [-0.05, 0) is 25.1 Å². The molecule has 0 atom stereocenters. The summed E-state index contributed by atoms with van der Waals surface area (Å²) in [5, 5.41) is 4.38. The van der Waals surface area contributed by atoms with Crippen molar-refractivity contribution < 1.29 is 4.39 Å². The molecule has 0 unspecified atom stereocenters. The first kappa shape index (κ1) is 11.8. The van der Waals surface area contributed by atoms with E-state index in [1.165, 1.54) is 6.07 Å². The van der Waals surface area contributed by atoms with E-state index in [9.17, 15) is 4.39 Å². The number of para-hydroxylation sites is 1. The summed E-state index contributed by atoms with van der Waals surface area (Å²) in [4.78, 5) is 0. The van der Waals surface area contributed by atoms with Crippen molar-refractivity contribution in [2.24, 2.45) is 0 Å². The molecule has 0 radical (unpaired) electrons. The molecule has 0 N–H and O–H groups in total. The van der Waals surface area contributed by atoms with Crippen molar-refractivity contribution in [2.75, 3.05) is 0 Å². The number of nitrogens with zero attached hydrogens (tertiary/aromatic N) is 2. The third kappa shape index (κ3) is 2.23. The summed E-state index contributed by atoms with van der Waals surface area (Å²) in [6.45, 7) is 8.22. The lowest BCUT2D eigenvalue weighted by atomic mass is 9.92. The van der Waals surface area contributed by atoms with Crippen LogP contribution >= 0.6 is 0 Å². The molecule has 1 heterocycles. The molecule has 0 spiro atoms. The molecule has 0 bridgehead atoms. The summed E-state index contributed by atoms with van der Waals surface area (Å²) >= 11 is 0. The van der Waals surface area contributed by atoms with Crippen molar-refractivity contribution in [3.8, 4) is 5.69 Å². The molecule has 0 aliphatic carbocycles. The molecule has 0 fully saturated rings. The highest BCUT2D eigenvalue weighted by atomic mass is 19.1. The Kier molecular flexibility index (Phi) is 2.77. The summed E-state index contributed by atoms with van der Waals surface area (Å²) in [5.74, 6) is -0.249. The molecule has 0 aliphatic rings. The van der Waals surface area contributed by atoms with Gasteiger partial charge >= 0.3 is 0 Å². The number of aromatic nitrogens is 2. The average molecular weight is 232 g/mol. The predicted octanol–water partition coefficient (Wildman–Crippen LogP) is 3.62. The van der Waals surface area contributed by atoms with Gasteiger partial charge in [-0.1, -0.05) is 32.9 Å². The van der Waals surface area contributed by atoms with Gasteiger partial charge < -0.3 is 0 Å². The Morgan fingerprint density at radius 3 is 2.41 bits per heavy atom. The number of hydrogen-bond acceptors (Lipinski definition) is 1. The van der Waals surface area contributed by atoms with E-state index in [1.54, 1.807) is 16.8 Å². The SMILES string of the molecule is Cc1cc(C(C)(C)C)n(-c2ccccc2F)n1. The van der Waals surface area contributed by atoms with Crippen LogP contribution in [0.3, 0.4) is 0 Å². The Hall–Kier alpha value is -1.64. The van der Waals surface area contributed by atoms with Crippen molar-refractivity contribution in [2.45, 2.75) is 33.1 Å². The fourth-order valence-electron chi connectivity index (χ4n) is 1.84. The van der Waals surface area contributed by atoms with Crippen molar-refractivity contribution >= 4 is 0 Å². The maximum Gasteiger partial charge on any atom is 0.148 e. The number of halogens is 1. The van der Waals surface area contributed by atoms with Gasteiger partial charge in [0.1, 0.15) is 11.5 Å².